The number of aromatic nitrogens is 3. The van der Waals surface area contributed by atoms with Crippen molar-refractivity contribution in [3.05, 3.63) is 66.5 Å². The number of fused-ring (bicyclic) bond motifs is 1. The number of rotatable bonds is 6. The summed E-state index contributed by atoms with van der Waals surface area (Å²) >= 11 is 1.20. The van der Waals surface area contributed by atoms with Crippen LogP contribution < -0.4 is 20.5 Å². The van der Waals surface area contributed by atoms with Crippen molar-refractivity contribution in [3.63, 3.8) is 0 Å². The van der Waals surface area contributed by atoms with E-state index in [4.69, 9.17) is 9.88 Å². The molecule has 1 amide bonds. The average molecular weight is 406 g/mol. The normalized spacial score (nSPS) is 10.7. The van der Waals surface area contributed by atoms with Gasteiger partial charge in [-0.2, -0.15) is 0 Å². The summed E-state index contributed by atoms with van der Waals surface area (Å²) in [4.78, 5) is 24.5. The zero-order valence-electron chi connectivity index (χ0n) is 15.5. The van der Waals surface area contributed by atoms with Gasteiger partial charge in [0.05, 0.1) is 11.0 Å². The Morgan fingerprint density at radius 2 is 1.90 bits per heavy atom. The highest BCUT2D eigenvalue weighted by atomic mass is 32.2. The van der Waals surface area contributed by atoms with Crippen molar-refractivity contribution in [1.82, 2.24) is 20.3 Å². The van der Waals surface area contributed by atoms with Crippen LogP contribution in [0.1, 0.15) is 10.5 Å². The summed E-state index contributed by atoms with van der Waals surface area (Å²) < 4.78 is 5.87. The van der Waals surface area contributed by atoms with Crippen LogP contribution in [0.25, 0.3) is 11.0 Å². The van der Waals surface area contributed by atoms with Crippen LogP contribution in [0.3, 0.4) is 0 Å². The largest absolute Gasteiger partial charge is 0.457 e. The third kappa shape index (κ3) is 4.31. The molecule has 146 valence electrons. The SMILES string of the molecule is CNC(=O)c1cc(Oc2ccc3nc(Nc4ccc(SN)cc4)[nH]c3c2)ccn1. The highest BCUT2D eigenvalue weighted by Crippen LogP contribution is 2.27. The fraction of sp³-hybridized carbons (Fsp3) is 0.0500. The first-order valence-electron chi connectivity index (χ1n) is 8.74. The quantitative estimate of drug-likeness (QED) is 0.360. The number of anilines is 2. The van der Waals surface area contributed by atoms with Gasteiger partial charge >= 0.3 is 0 Å². The maximum atomic E-state index is 11.7. The maximum Gasteiger partial charge on any atom is 0.269 e. The number of carbonyl (C=O) groups is 1. The number of aromatic amines is 1. The number of pyridine rings is 1. The summed E-state index contributed by atoms with van der Waals surface area (Å²) in [6.07, 6.45) is 1.53. The van der Waals surface area contributed by atoms with E-state index in [0.29, 0.717) is 17.4 Å². The Kier molecular flexibility index (Phi) is 5.32. The molecule has 2 aromatic heterocycles. The molecule has 2 aromatic carbocycles. The number of hydrogen-bond donors (Lipinski definition) is 4. The summed E-state index contributed by atoms with van der Waals surface area (Å²) in [6.45, 7) is 0. The lowest BCUT2D eigenvalue weighted by molar-refractivity contribution is 0.0958. The molecule has 0 radical (unpaired) electrons. The van der Waals surface area contributed by atoms with Gasteiger partial charge in [0.2, 0.25) is 5.95 Å². The zero-order valence-corrected chi connectivity index (χ0v) is 16.3. The molecular weight excluding hydrogens is 388 g/mol. The van der Waals surface area contributed by atoms with E-state index >= 15 is 0 Å². The van der Waals surface area contributed by atoms with Gasteiger partial charge in [-0.15, -0.1) is 0 Å². The van der Waals surface area contributed by atoms with Gasteiger partial charge in [0.1, 0.15) is 17.2 Å². The van der Waals surface area contributed by atoms with Gasteiger partial charge in [-0.05, 0) is 54.4 Å². The van der Waals surface area contributed by atoms with Crippen LogP contribution >= 0.6 is 11.9 Å². The number of H-pyrrole nitrogens is 1. The highest BCUT2D eigenvalue weighted by molar-refractivity contribution is 7.97. The van der Waals surface area contributed by atoms with Gasteiger partial charge in [-0.3, -0.25) is 14.9 Å². The van der Waals surface area contributed by atoms with Crippen molar-refractivity contribution in [2.75, 3.05) is 12.4 Å². The van der Waals surface area contributed by atoms with Gasteiger partial charge in [0.25, 0.3) is 5.91 Å². The number of nitrogens with zero attached hydrogens (tertiary/aromatic N) is 2. The molecule has 4 aromatic rings. The molecule has 0 atom stereocenters. The summed E-state index contributed by atoms with van der Waals surface area (Å²) in [5, 5.41) is 11.3. The smallest absolute Gasteiger partial charge is 0.269 e. The van der Waals surface area contributed by atoms with Crippen LogP contribution in [0.15, 0.2) is 65.7 Å². The molecule has 4 rings (SSSR count). The van der Waals surface area contributed by atoms with E-state index in [-0.39, 0.29) is 11.6 Å². The second kappa shape index (κ2) is 8.21. The maximum absolute atomic E-state index is 11.7. The van der Waals surface area contributed by atoms with E-state index in [9.17, 15) is 4.79 Å². The second-order valence-corrected chi connectivity index (χ2v) is 6.80. The van der Waals surface area contributed by atoms with Crippen molar-refractivity contribution in [2.45, 2.75) is 4.90 Å². The van der Waals surface area contributed by atoms with Crippen LogP contribution in [0, 0.1) is 0 Å². The number of carbonyl (C=O) groups excluding carboxylic acids is 1. The number of ether oxygens (including phenoxy) is 1. The molecule has 5 N–H and O–H groups in total. The zero-order chi connectivity index (χ0) is 20.2. The summed E-state index contributed by atoms with van der Waals surface area (Å²) in [6, 6.07) is 16.6. The number of amides is 1. The Bertz CT molecular complexity index is 1160. The van der Waals surface area contributed by atoms with E-state index in [1.165, 1.54) is 18.1 Å². The minimum Gasteiger partial charge on any atom is -0.457 e. The Morgan fingerprint density at radius 3 is 2.66 bits per heavy atom. The molecule has 0 bridgehead atoms. The average Bonchev–Trinajstić information content (AvgIpc) is 3.15. The van der Waals surface area contributed by atoms with Gasteiger partial charge in [-0.25, -0.2) is 4.98 Å². The molecule has 0 unspecified atom stereocenters. The molecule has 0 saturated heterocycles. The standard InChI is InChI=1S/C20H18N6O2S/c1-22-19(27)18-11-14(8-9-23-18)28-13-4-7-16-17(10-13)26-20(25-16)24-12-2-5-15(29-21)6-3-12/h2-11H,21H2,1H3,(H,22,27)(H2,24,25,26). The Balaban J connectivity index is 1.53. The monoisotopic (exact) mass is 406 g/mol. The third-order valence-electron chi connectivity index (χ3n) is 4.13. The summed E-state index contributed by atoms with van der Waals surface area (Å²) in [5.74, 6) is 1.49. The Labute approximate surface area is 171 Å². The van der Waals surface area contributed by atoms with E-state index in [0.717, 1.165) is 21.6 Å². The van der Waals surface area contributed by atoms with Crippen molar-refractivity contribution in [3.8, 4) is 11.5 Å². The lowest BCUT2D eigenvalue weighted by Gasteiger charge is -2.06. The first-order valence-corrected chi connectivity index (χ1v) is 9.62. The Hall–Kier alpha value is -3.56. The van der Waals surface area contributed by atoms with E-state index in [2.05, 4.69) is 25.6 Å². The predicted molar refractivity (Wildman–Crippen MR) is 114 cm³/mol. The molecule has 0 aliphatic carbocycles. The molecular formula is C20H18N6O2S. The van der Waals surface area contributed by atoms with Crippen LogP contribution in [0.4, 0.5) is 11.6 Å². The molecule has 0 fully saturated rings. The molecule has 0 spiro atoms. The molecule has 9 heteroatoms. The van der Waals surface area contributed by atoms with Crippen molar-refractivity contribution in [2.24, 2.45) is 5.14 Å². The van der Waals surface area contributed by atoms with Gasteiger partial charge in [0.15, 0.2) is 0 Å². The van der Waals surface area contributed by atoms with Crippen molar-refractivity contribution >= 4 is 40.5 Å². The number of imidazole rings is 1. The van der Waals surface area contributed by atoms with E-state index in [1.807, 2.05) is 42.5 Å². The minimum absolute atomic E-state index is 0.270. The van der Waals surface area contributed by atoms with Crippen LogP contribution in [-0.4, -0.2) is 27.9 Å². The van der Waals surface area contributed by atoms with Gasteiger partial charge < -0.3 is 20.4 Å². The number of hydrogen-bond acceptors (Lipinski definition) is 7. The summed E-state index contributed by atoms with van der Waals surface area (Å²) in [5.41, 5.74) is 2.81. The van der Waals surface area contributed by atoms with E-state index < -0.39 is 0 Å². The minimum atomic E-state index is -0.270. The third-order valence-corrected chi connectivity index (χ3v) is 4.68. The van der Waals surface area contributed by atoms with Crippen LogP contribution in [0.2, 0.25) is 0 Å². The van der Waals surface area contributed by atoms with Crippen molar-refractivity contribution in [1.29, 1.82) is 0 Å². The molecule has 0 aliphatic heterocycles. The Morgan fingerprint density at radius 1 is 1.10 bits per heavy atom. The fourth-order valence-electron chi connectivity index (χ4n) is 2.73. The topological polar surface area (TPSA) is 118 Å². The van der Waals surface area contributed by atoms with Crippen LogP contribution in [0.5, 0.6) is 11.5 Å². The molecule has 8 nitrogen and oxygen atoms in total. The lowest BCUT2D eigenvalue weighted by atomic mass is 10.3. The first kappa shape index (κ1) is 18.8. The second-order valence-electron chi connectivity index (χ2n) is 6.09. The van der Waals surface area contributed by atoms with Crippen LogP contribution in [-0.2, 0) is 0 Å². The lowest BCUT2D eigenvalue weighted by Crippen LogP contribution is -2.18. The van der Waals surface area contributed by atoms with Gasteiger partial charge in [-0.1, -0.05) is 0 Å². The molecule has 2 heterocycles. The van der Waals surface area contributed by atoms with Gasteiger partial charge in [0, 0.05) is 36.0 Å². The molecule has 0 aliphatic rings. The summed E-state index contributed by atoms with van der Waals surface area (Å²) in [7, 11) is 1.56. The highest BCUT2D eigenvalue weighted by Gasteiger charge is 2.09. The van der Waals surface area contributed by atoms with Crippen molar-refractivity contribution < 1.29 is 9.53 Å². The molecule has 29 heavy (non-hydrogen) atoms. The first-order chi connectivity index (χ1) is 14.1. The van der Waals surface area contributed by atoms with E-state index in [1.54, 1.807) is 19.2 Å². The number of nitrogens with two attached hydrogens (primary N) is 1. The molecule has 0 saturated carbocycles. The number of benzene rings is 2. The predicted octanol–water partition coefficient (Wildman–Crippen LogP) is 3.82. The number of nitrogens with one attached hydrogen (secondary N) is 3. The fourth-order valence-corrected chi connectivity index (χ4v) is 3.02.